The average Bonchev–Trinajstić information content (AvgIpc) is 3.31. The van der Waals surface area contributed by atoms with Gasteiger partial charge in [0.15, 0.2) is 0 Å². The fourth-order valence-corrected chi connectivity index (χ4v) is 4.07. The minimum absolute atomic E-state index is 0.0972. The molecule has 2 N–H and O–H groups in total. The van der Waals surface area contributed by atoms with Crippen LogP contribution in [0.1, 0.15) is 64.7 Å². The molecule has 0 aromatic heterocycles. The van der Waals surface area contributed by atoms with E-state index in [0.717, 1.165) is 19.3 Å². The second-order valence-corrected chi connectivity index (χ2v) is 8.58. The summed E-state index contributed by atoms with van der Waals surface area (Å²) in [6.45, 7) is 1.77. The van der Waals surface area contributed by atoms with E-state index in [1.165, 1.54) is 19.1 Å². The minimum atomic E-state index is -0.953. The van der Waals surface area contributed by atoms with Crippen LogP contribution in [0.4, 0.5) is 0 Å². The van der Waals surface area contributed by atoms with Gasteiger partial charge in [0.25, 0.3) is 0 Å². The van der Waals surface area contributed by atoms with Crippen LogP contribution in [0.25, 0.3) is 0 Å². The summed E-state index contributed by atoms with van der Waals surface area (Å²) in [6.07, 6.45) is 19.4. The monoisotopic (exact) mass is 416 g/mol. The molecule has 0 unspecified atom stereocenters. The number of aliphatic hydroxyl groups is 2. The van der Waals surface area contributed by atoms with E-state index in [2.05, 4.69) is 10.8 Å². The van der Waals surface area contributed by atoms with Crippen LogP contribution < -0.4 is 0 Å². The van der Waals surface area contributed by atoms with Crippen molar-refractivity contribution < 1.29 is 24.5 Å². The molecule has 0 spiro atoms. The van der Waals surface area contributed by atoms with Gasteiger partial charge >= 0.3 is 5.97 Å². The summed E-state index contributed by atoms with van der Waals surface area (Å²) in [7, 11) is 1.37. The maximum absolute atomic E-state index is 12.3. The van der Waals surface area contributed by atoms with Crippen molar-refractivity contribution in [2.75, 3.05) is 7.11 Å². The third-order valence-electron chi connectivity index (χ3n) is 5.91. The molecule has 0 aromatic carbocycles. The molecule has 0 amide bonds. The molecular formula is C25H36O5. The zero-order valence-electron chi connectivity index (χ0n) is 18.3. The largest absolute Gasteiger partial charge is 0.469 e. The van der Waals surface area contributed by atoms with E-state index in [1.807, 2.05) is 36.5 Å². The molecule has 2 rings (SSSR count). The van der Waals surface area contributed by atoms with E-state index >= 15 is 0 Å². The lowest BCUT2D eigenvalue weighted by Gasteiger charge is -2.19. The van der Waals surface area contributed by atoms with Gasteiger partial charge in [-0.2, -0.15) is 0 Å². The van der Waals surface area contributed by atoms with Crippen LogP contribution in [0.5, 0.6) is 0 Å². The van der Waals surface area contributed by atoms with Crippen molar-refractivity contribution in [2.24, 2.45) is 11.8 Å². The zero-order chi connectivity index (χ0) is 22.0. The first-order valence-corrected chi connectivity index (χ1v) is 11.0. The van der Waals surface area contributed by atoms with Crippen molar-refractivity contribution in [2.45, 2.75) is 76.4 Å². The van der Waals surface area contributed by atoms with Gasteiger partial charge in [-0.15, -0.1) is 0 Å². The Morgan fingerprint density at radius 2 is 2.07 bits per heavy atom. The maximum Gasteiger partial charge on any atom is 0.305 e. The van der Waals surface area contributed by atoms with Crippen LogP contribution in [-0.4, -0.2) is 40.8 Å². The fraction of sp³-hybridized carbons (Fsp3) is 0.600. The van der Waals surface area contributed by atoms with Gasteiger partial charge in [0.1, 0.15) is 5.78 Å². The van der Waals surface area contributed by atoms with Crippen molar-refractivity contribution in [1.82, 2.24) is 0 Å². The lowest BCUT2D eigenvalue weighted by Crippen LogP contribution is -2.21. The summed E-state index contributed by atoms with van der Waals surface area (Å²) in [6, 6.07) is 0. The molecule has 0 saturated heterocycles. The van der Waals surface area contributed by atoms with Crippen molar-refractivity contribution in [3.05, 3.63) is 48.1 Å². The number of aliphatic hydroxyl groups excluding tert-OH is 1. The number of carbonyl (C=O) groups excluding carboxylic acids is 2. The van der Waals surface area contributed by atoms with Gasteiger partial charge in [-0.3, -0.25) is 9.59 Å². The second kappa shape index (κ2) is 12.0. The molecule has 5 heteroatoms. The van der Waals surface area contributed by atoms with Crippen molar-refractivity contribution in [3.8, 4) is 0 Å². The maximum atomic E-state index is 12.3. The normalized spacial score (nSPS) is 26.7. The number of ketones is 1. The molecule has 1 fully saturated rings. The number of esters is 1. The third-order valence-corrected chi connectivity index (χ3v) is 5.91. The first-order chi connectivity index (χ1) is 14.3. The minimum Gasteiger partial charge on any atom is -0.469 e. The van der Waals surface area contributed by atoms with E-state index in [-0.39, 0.29) is 30.0 Å². The summed E-state index contributed by atoms with van der Waals surface area (Å²) >= 11 is 0. The molecule has 0 bridgehead atoms. The van der Waals surface area contributed by atoms with Gasteiger partial charge in [-0.05, 0) is 51.9 Å². The molecule has 5 nitrogen and oxygen atoms in total. The molecule has 0 aromatic rings. The summed E-state index contributed by atoms with van der Waals surface area (Å²) in [5, 5.41) is 20.9. The van der Waals surface area contributed by atoms with Gasteiger partial charge in [-0.25, -0.2) is 0 Å². The lowest BCUT2D eigenvalue weighted by molar-refractivity contribution is -0.140. The molecule has 0 radical (unpaired) electrons. The van der Waals surface area contributed by atoms with Gasteiger partial charge in [-0.1, -0.05) is 48.1 Å². The highest BCUT2D eigenvalue weighted by molar-refractivity contribution is 5.84. The van der Waals surface area contributed by atoms with Crippen LogP contribution in [0.3, 0.4) is 0 Å². The first kappa shape index (κ1) is 24.3. The van der Waals surface area contributed by atoms with Crippen LogP contribution in [0.15, 0.2) is 48.1 Å². The highest BCUT2D eigenvalue weighted by Crippen LogP contribution is 2.34. The average molecular weight is 417 g/mol. The highest BCUT2D eigenvalue weighted by atomic mass is 16.5. The van der Waals surface area contributed by atoms with E-state index in [0.29, 0.717) is 25.7 Å². The number of ether oxygens (including phenoxy) is 1. The molecule has 4 atom stereocenters. The SMILES string of the molecule is COC(=O)CC/C=C\CC[C@H]1C(=O)C[C@@H](O)[C@@H]1/C=C/C[C@](C)(O)/C=C/C1=CCCC1. The summed E-state index contributed by atoms with van der Waals surface area (Å²) < 4.78 is 4.60. The predicted molar refractivity (Wildman–Crippen MR) is 118 cm³/mol. The standard InChI is InChI=1S/C25H36O5/c1-25(29,17-15-19-10-7-8-11-19)16-9-13-21-20(22(26)18-23(21)27)12-5-3-4-6-14-24(28)30-2/h3-4,9-10,13,15,17,20-21,23,27,29H,5-8,11-12,14,16,18H2,1-2H3/b4-3-,13-9+,17-15+/t20-,21-,23-,25+/m1/s1. The van der Waals surface area contributed by atoms with Crippen LogP contribution in [0, 0.1) is 11.8 Å². The summed E-state index contributed by atoms with van der Waals surface area (Å²) in [4.78, 5) is 23.4. The number of rotatable bonds is 11. The van der Waals surface area contributed by atoms with E-state index in [1.54, 1.807) is 6.92 Å². The topological polar surface area (TPSA) is 83.8 Å². The Morgan fingerprint density at radius 1 is 1.30 bits per heavy atom. The van der Waals surface area contributed by atoms with E-state index in [9.17, 15) is 19.8 Å². The first-order valence-electron chi connectivity index (χ1n) is 11.0. The second-order valence-electron chi connectivity index (χ2n) is 8.58. The molecule has 0 heterocycles. The Labute approximate surface area is 180 Å². The van der Waals surface area contributed by atoms with Crippen LogP contribution >= 0.6 is 0 Å². The van der Waals surface area contributed by atoms with Crippen LogP contribution in [-0.2, 0) is 14.3 Å². The number of Topliss-reactive ketones (excluding diaryl/α,β-unsaturated/α-hetero) is 1. The molecule has 1 saturated carbocycles. The summed E-state index contributed by atoms with van der Waals surface area (Å²) in [5.74, 6) is -0.548. The van der Waals surface area contributed by atoms with Gasteiger partial charge in [0.05, 0.1) is 18.8 Å². The molecule has 2 aliphatic rings. The predicted octanol–water partition coefficient (Wildman–Crippen LogP) is 4.21. The highest BCUT2D eigenvalue weighted by Gasteiger charge is 2.39. The van der Waals surface area contributed by atoms with Gasteiger partial charge in [0.2, 0.25) is 0 Å². The third kappa shape index (κ3) is 8.04. The lowest BCUT2D eigenvalue weighted by atomic mass is 9.88. The Kier molecular flexibility index (Phi) is 9.73. The molecular weight excluding hydrogens is 380 g/mol. The number of carbonyl (C=O) groups is 2. The van der Waals surface area contributed by atoms with Gasteiger partial charge < -0.3 is 14.9 Å². The molecule has 166 valence electrons. The number of hydrogen-bond acceptors (Lipinski definition) is 5. The number of hydrogen-bond donors (Lipinski definition) is 2. The molecule has 2 aliphatic carbocycles. The molecule has 30 heavy (non-hydrogen) atoms. The van der Waals surface area contributed by atoms with E-state index in [4.69, 9.17) is 0 Å². The van der Waals surface area contributed by atoms with Gasteiger partial charge in [0, 0.05) is 24.7 Å². The Morgan fingerprint density at radius 3 is 2.77 bits per heavy atom. The Hall–Kier alpha value is -1.98. The zero-order valence-corrected chi connectivity index (χ0v) is 18.3. The smallest absolute Gasteiger partial charge is 0.305 e. The van der Waals surface area contributed by atoms with Crippen molar-refractivity contribution >= 4 is 11.8 Å². The summed E-state index contributed by atoms with van der Waals surface area (Å²) in [5.41, 5.74) is 0.321. The number of allylic oxidation sites excluding steroid dienone is 5. The van der Waals surface area contributed by atoms with Crippen molar-refractivity contribution in [3.63, 3.8) is 0 Å². The number of methoxy groups -OCH3 is 1. The Bertz CT molecular complexity index is 698. The van der Waals surface area contributed by atoms with Crippen molar-refractivity contribution in [1.29, 1.82) is 0 Å². The van der Waals surface area contributed by atoms with Crippen LogP contribution in [0.2, 0.25) is 0 Å². The molecule has 0 aliphatic heterocycles. The van der Waals surface area contributed by atoms with E-state index < -0.39 is 11.7 Å². The Balaban J connectivity index is 1.83. The quantitative estimate of drug-likeness (QED) is 0.389. The fourth-order valence-electron chi connectivity index (χ4n) is 4.07.